The van der Waals surface area contributed by atoms with Crippen LogP contribution in [0.1, 0.15) is 25.3 Å². The summed E-state index contributed by atoms with van der Waals surface area (Å²) < 4.78 is 6.27. The lowest BCUT2D eigenvalue weighted by molar-refractivity contribution is -0.133. The SMILES string of the molecule is CC1(C(=O)Nc2cc(Br)ccc2/C(N)=N/O)CCCO1. The number of rotatable bonds is 3. The number of oxime groups is 1. The Kier molecular flexibility index (Phi) is 4.29. The van der Waals surface area contributed by atoms with E-state index in [9.17, 15) is 4.79 Å². The van der Waals surface area contributed by atoms with Gasteiger partial charge in [0, 0.05) is 16.6 Å². The fraction of sp³-hybridized carbons (Fsp3) is 0.385. The van der Waals surface area contributed by atoms with Gasteiger partial charge in [-0.05, 0) is 38.0 Å². The number of anilines is 1. The first kappa shape index (κ1) is 14.8. The normalized spacial score (nSPS) is 22.8. The van der Waals surface area contributed by atoms with Crippen LogP contribution in [-0.2, 0) is 9.53 Å². The lowest BCUT2D eigenvalue weighted by atomic mass is 10.0. The number of hydrogen-bond acceptors (Lipinski definition) is 4. The highest BCUT2D eigenvalue weighted by Gasteiger charge is 2.38. The standard InChI is InChI=1S/C13H16BrN3O3/c1-13(5-2-6-20-13)12(18)16-10-7-8(14)3-4-9(10)11(15)17-19/h3-4,7,19H,2,5-6H2,1H3,(H2,15,17)(H,16,18). The van der Waals surface area contributed by atoms with Crippen LogP contribution in [0.3, 0.4) is 0 Å². The van der Waals surface area contributed by atoms with E-state index < -0.39 is 5.60 Å². The molecule has 0 radical (unpaired) electrons. The second-order valence-electron chi connectivity index (χ2n) is 4.81. The predicted molar refractivity (Wildman–Crippen MR) is 78.9 cm³/mol. The predicted octanol–water partition coefficient (Wildman–Crippen LogP) is 2.05. The summed E-state index contributed by atoms with van der Waals surface area (Å²) in [6, 6.07) is 5.10. The third kappa shape index (κ3) is 2.94. The molecule has 0 bridgehead atoms. The van der Waals surface area contributed by atoms with E-state index in [0.717, 1.165) is 10.9 Å². The first-order valence-electron chi connectivity index (χ1n) is 6.19. The van der Waals surface area contributed by atoms with Crippen molar-refractivity contribution >= 4 is 33.4 Å². The van der Waals surface area contributed by atoms with Crippen molar-refractivity contribution in [2.24, 2.45) is 10.9 Å². The minimum absolute atomic E-state index is 0.0645. The number of halogens is 1. The van der Waals surface area contributed by atoms with Gasteiger partial charge in [-0.25, -0.2) is 0 Å². The molecule has 7 heteroatoms. The van der Waals surface area contributed by atoms with Crippen molar-refractivity contribution in [3.05, 3.63) is 28.2 Å². The number of carbonyl (C=O) groups excluding carboxylic acids is 1. The quantitative estimate of drug-likeness (QED) is 0.339. The summed E-state index contributed by atoms with van der Waals surface area (Å²) in [5.41, 5.74) is 5.70. The summed E-state index contributed by atoms with van der Waals surface area (Å²) in [6.07, 6.45) is 1.53. The number of hydrogen-bond donors (Lipinski definition) is 3. The number of nitrogens with one attached hydrogen (secondary N) is 1. The van der Waals surface area contributed by atoms with Gasteiger partial charge in [-0.15, -0.1) is 0 Å². The highest BCUT2D eigenvalue weighted by Crippen LogP contribution is 2.28. The third-order valence-corrected chi connectivity index (χ3v) is 3.81. The molecule has 20 heavy (non-hydrogen) atoms. The Labute approximate surface area is 125 Å². The van der Waals surface area contributed by atoms with Crippen molar-refractivity contribution in [3.8, 4) is 0 Å². The molecule has 1 aliphatic rings. The van der Waals surface area contributed by atoms with Gasteiger partial charge in [-0.1, -0.05) is 21.1 Å². The second kappa shape index (κ2) is 5.80. The minimum Gasteiger partial charge on any atom is -0.409 e. The summed E-state index contributed by atoms with van der Waals surface area (Å²) in [7, 11) is 0. The molecule has 1 amide bonds. The molecule has 1 aromatic carbocycles. The van der Waals surface area contributed by atoms with Gasteiger partial charge in [0.15, 0.2) is 5.84 Å². The number of amidine groups is 1. The van der Waals surface area contributed by atoms with E-state index in [-0.39, 0.29) is 11.7 Å². The van der Waals surface area contributed by atoms with E-state index in [0.29, 0.717) is 24.3 Å². The Morgan fingerprint density at radius 3 is 2.95 bits per heavy atom. The molecule has 1 unspecified atom stereocenters. The molecule has 1 aliphatic heterocycles. The molecule has 1 aromatic rings. The van der Waals surface area contributed by atoms with Gasteiger partial charge in [0.05, 0.1) is 5.69 Å². The lowest BCUT2D eigenvalue weighted by Gasteiger charge is -2.22. The zero-order valence-corrected chi connectivity index (χ0v) is 12.6. The topological polar surface area (TPSA) is 96.9 Å². The van der Waals surface area contributed by atoms with Crippen LogP contribution in [0.5, 0.6) is 0 Å². The monoisotopic (exact) mass is 341 g/mol. The van der Waals surface area contributed by atoms with Crippen molar-refractivity contribution in [3.63, 3.8) is 0 Å². The summed E-state index contributed by atoms with van der Waals surface area (Å²) in [4.78, 5) is 12.3. The maximum atomic E-state index is 12.3. The van der Waals surface area contributed by atoms with Crippen molar-refractivity contribution in [2.45, 2.75) is 25.4 Å². The first-order chi connectivity index (χ1) is 9.46. The van der Waals surface area contributed by atoms with E-state index in [1.807, 2.05) is 0 Å². The molecular formula is C13H16BrN3O3. The summed E-state index contributed by atoms with van der Waals surface area (Å²) >= 11 is 3.33. The highest BCUT2D eigenvalue weighted by atomic mass is 79.9. The van der Waals surface area contributed by atoms with Gasteiger partial charge in [-0.3, -0.25) is 4.79 Å². The molecule has 0 aliphatic carbocycles. The fourth-order valence-corrected chi connectivity index (χ4v) is 2.47. The average Bonchev–Trinajstić information content (AvgIpc) is 2.86. The number of nitrogens with zero attached hydrogens (tertiary/aromatic N) is 1. The van der Waals surface area contributed by atoms with Gasteiger partial charge >= 0.3 is 0 Å². The molecule has 1 atom stereocenters. The van der Waals surface area contributed by atoms with E-state index in [1.54, 1.807) is 25.1 Å². The smallest absolute Gasteiger partial charge is 0.256 e. The molecular weight excluding hydrogens is 326 g/mol. The number of amides is 1. The second-order valence-corrected chi connectivity index (χ2v) is 5.73. The Balaban J connectivity index is 2.28. The van der Waals surface area contributed by atoms with Crippen LogP contribution in [0, 0.1) is 0 Å². The van der Waals surface area contributed by atoms with Crippen LogP contribution in [0.2, 0.25) is 0 Å². The van der Waals surface area contributed by atoms with E-state index in [4.69, 9.17) is 15.7 Å². The van der Waals surface area contributed by atoms with Crippen LogP contribution in [0.4, 0.5) is 5.69 Å². The summed E-state index contributed by atoms with van der Waals surface area (Å²) in [5, 5.41) is 14.5. The maximum absolute atomic E-state index is 12.3. The van der Waals surface area contributed by atoms with Crippen molar-refractivity contribution in [1.29, 1.82) is 0 Å². The van der Waals surface area contributed by atoms with Gasteiger partial charge in [0.1, 0.15) is 5.60 Å². The number of ether oxygens (including phenoxy) is 1. The van der Waals surface area contributed by atoms with Crippen LogP contribution < -0.4 is 11.1 Å². The van der Waals surface area contributed by atoms with Crippen LogP contribution in [0.15, 0.2) is 27.8 Å². The molecule has 2 rings (SSSR count). The van der Waals surface area contributed by atoms with Gasteiger partial charge in [0.25, 0.3) is 5.91 Å². The third-order valence-electron chi connectivity index (χ3n) is 3.31. The molecule has 0 saturated carbocycles. The molecule has 0 spiro atoms. The van der Waals surface area contributed by atoms with E-state index in [1.165, 1.54) is 0 Å². The Bertz CT molecular complexity index is 554. The fourth-order valence-electron chi connectivity index (χ4n) is 2.11. The Morgan fingerprint density at radius 1 is 1.60 bits per heavy atom. The first-order valence-corrected chi connectivity index (χ1v) is 6.98. The van der Waals surface area contributed by atoms with Gasteiger partial charge in [-0.2, -0.15) is 0 Å². The minimum atomic E-state index is -0.829. The average molecular weight is 342 g/mol. The molecule has 108 valence electrons. The van der Waals surface area contributed by atoms with Crippen LogP contribution >= 0.6 is 15.9 Å². The zero-order chi connectivity index (χ0) is 14.8. The molecule has 1 fully saturated rings. The van der Waals surface area contributed by atoms with E-state index in [2.05, 4.69) is 26.4 Å². The molecule has 4 N–H and O–H groups in total. The Morgan fingerprint density at radius 2 is 2.35 bits per heavy atom. The van der Waals surface area contributed by atoms with Gasteiger partial charge in [0.2, 0.25) is 0 Å². The number of nitrogens with two attached hydrogens (primary N) is 1. The molecule has 1 heterocycles. The molecule has 0 aromatic heterocycles. The van der Waals surface area contributed by atoms with Crippen LogP contribution in [-0.4, -0.2) is 29.2 Å². The van der Waals surface area contributed by atoms with E-state index >= 15 is 0 Å². The van der Waals surface area contributed by atoms with Gasteiger partial charge < -0.3 is 21.0 Å². The van der Waals surface area contributed by atoms with Crippen LogP contribution in [0.25, 0.3) is 0 Å². The summed E-state index contributed by atoms with van der Waals surface area (Å²) in [5.74, 6) is -0.301. The highest BCUT2D eigenvalue weighted by molar-refractivity contribution is 9.10. The number of carbonyl (C=O) groups is 1. The molecule has 6 nitrogen and oxygen atoms in total. The molecule has 1 saturated heterocycles. The van der Waals surface area contributed by atoms with Crippen molar-refractivity contribution in [1.82, 2.24) is 0 Å². The zero-order valence-electron chi connectivity index (χ0n) is 11.0. The maximum Gasteiger partial charge on any atom is 0.256 e. The van der Waals surface area contributed by atoms with Crippen molar-refractivity contribution in [2.75, 3.05) is 11.9 Å². The largest absolute Gasteiger partial charge is 0.409 e. The van der Waals surface area contributed by atoms with Crippen molar-refractivity contribution < 1.29 is 14.7 Å². The Hall–Kier alpha value is -1.60. The lowest BCUT2D eigenvalue weighted by Crippen LogP contribution is -2.39. The summed E-state index contributed by atoms with van der Waals surface area (Å²) in [6.45, 7) is 2.34. The number of benzene rings is 1.